The molecule has 4 nitrogen and oxygen atoms in total. The van der Waals surface area contributed by atoms with Gasteiger partial charge in [0, 0.05) is 6.54 Å². The first kappa shape index (κ1) is 18.1. The van der Waals surface area contributed by atoms with E-state index in [1.54, 1.807) is 23.0 Å². The molecule has 2 aromatic carbocycles. The number of ether oxygens (including phenoxy) is 1. The first-order valence-electron chi connectivity index (χ1n) is 8.38. The summed E-state index contributed by atoms with van der Waals surface area (Å²) in [4.78, 5) is 12.4. The Bertz CT molecular complexity index is 900. The van der Waals surface area contributed by atoms with Crippen LogP contribution in [0.2, 0.25) is 0 Å². The summed E-state index contributed by atoms with van der Waals surface area (Å²) in [6.07, 6.45) is 5.00. The van der Waals surface area contributed by atoms with Gasteiger partial charge in [0.2, 0.25) is 5.78 Å². The van der Waals surface area contributed by atoms with Crippen LogP contribution in [0.5, 0.6) is 5.75 Å². The lowest BCUT2D eigenvalue weighted by Gasteiger charge is -2.06. The topological polar surface area (TPSA) is 44.1 Å². The largest absolute Gasteiger partial charge is 0.489 e. The van der Waals surface area contributed by atoms with E-state index >= 15 is 0 Å². The molecule has 0 saturated carbocycles. The zero-order valence-corrected chi connectivity index (χ0v) is 16.0. The number of benzene rings is 2. The van der Waals surface area contributed by atoms with Crippen molar-refractivity contribution in [1.29, 1.82) is 0 Å². The molecule has 0 spiro atoms. The second kappa shape index (κ2) is 8.63. The van der Waals surface area contributed by atoms with Gasteiger partial charge in [0.1, 0.15) is 18.1 Å². The number of aryl methyl sites for hydroxylation is 1. The molecule has 0 atom stereocenters. The van der Waals surface area contributed by atoms with Crippen LogP contribution in [0, 0.1) is 0 Å². The normalized spacial score (nSPS) is 11.0. The van der Waals surface area contributed by atoms with E-state index in [1.165, 1.54) is 0 Å². The number of carbonyl (C=O) groups is 1. The Labute approximate surface area is 161 Å². The van der Waals surface area contributed by atoms with Crippen molar-refractivity contribution >= 4 is 27.8 Å². The first-order chi connectivity index (χ1) is 12.7. The van der Waals surface area contributed by atoms with E-state index in [9.17, 15) is 4.79 Å². The van der Waals surface area contributed by atoms with E-state index in [2.05, 4.69) is 21.0 Å². The molecule has 26 heavy (non-hydrogen) atoms. The molecule has 0 bridgehead atoms. The van der Waals surface area contributed by atoms with Gasteiger partial charge in [0.05, 0.1) is 10.7 Å². The minimum atomic E-state index is -0.0828. The molecule has 0 radical (unpaired) electrons. The van der Waals surface area contributed by atoms with Crippen molar-refractivity contribution in [2.75, 3.05) is 0 Å². The number of hydrogen-bond acceptors (Lipinski definition) is 3. The van der Waals surface area contributed by atoms with Crippen LogP contribution in [0.4, 0.5) is 0 Å². The number of rotatable bonds is 7. The van der Waals surface area contributed by atoms with Crippen molar-refractivity contribution in [2.24, 2.45) is 0 Å². The van der Waals surface area contributed by atoms with Crippen LogP contribution in [0.15, 0.2) is 71.3 Å². The van der Waals surface area contributed by atoms with Gasteiger partial charge < -0.3 is 4.74 Å². The van der Waals surface area contributed by atoms with Crippen LogP contribution in [0.1, 0.15) is 28.5 Å². The Kier molecular flexibility index (Phi) is 6.02. The Hall–Kier alpha value is -2.66. The Morgan fingerprint density at radius 1 is 1.15 bits per heavy atom. The van der Waals surface area contributed by atoms with Gasteiger partial charge in [-0.3, -0.25) is 9.48 Å². The number of ketones is 1. The molecule has 1 aromatic heterocycles. The van der Waals surface area contributed by atoms with Gasteiger partial charge >= 0.3 is 0 Å². The molecule has 0 aliphatic rings. The van der Waals surface area contributed by atoms with Crippen LogP contribution in [0.25, 0.3) is 6.08 Å². The lowest BCUT2D eigenvalue weighted by atomic mass is 10.1. The minimum absolute atomic E-state index is 0.0828. The van der Waals surface area contributed by atoms with Crippen LogP contribution in [-0.2, 0) is 13.2 Å². The average molecular weight is 411 g/mol. The number of halogens is 1. The molecule has 5 heteroatoms. The van der Waals surface area contributed by atoms with Gasteiger partial charge in [-0.05, 0) is 52.2 Å². The van der Waals surface area contributed by atoms with Crippen molar-refractivity contribution in [2.45, 2.75) is 20.1 Å². The summed E-state index contributed by atoms with van der Waals surface area (Å²) in [6.45, 7) is 3.13. The summed E-state index contributed by atoms with van der Waals surface area (Å²) in [6, 6.07) is 17.7. The second-order valence-electron chi connectivity index (χ2n) is 5.70. The van der Waals surface area contributed by atoms with Crippen molar-refractivity contribution in [3.8, 4) is 5.75 Å². The third-order valence-corrected chi connectivity index (χ3v) is 4.46. The third kappa shape index (κ3) is 4.49. The van der Waals surface area contributed by atoms with Gasteiger partial charge in [-0.15, -0.1) is 0 Å². The molecule has 1 heterocycles. The highest BCUT2D eigenvalue weighted by Gasteiger charge is 2.13. The molecule has 0 amide bonds. The van der Waals surface area contributed by atoms with Crippen molar-refractivity contribution in [3.63, 3.8) is 0 Å². The summed E-state index contributed by atoms with van der Waals surface area (Å²) in [7, 11) is 0. The highest BCUT2D eigenvalue weighted by Crippen LogP contribution is 2.19. The van der Waals surface area contributed by atoms with Crippen molar-refractivity contribution in [3.05, 3.63) is 88.2 Å². The fourth-order valence-corrected chi connectivity index (χ4v) is 3.01. The Morgan fingerprint density at radius 3 is 2.58 bits per heavy atom. The lowest BCUT2D eigenvalue weighted by molar-refractivity contribution is 0.103. The SMILES string of the molecule is CCn1ncc(Br)c1C(=O)/C=C/c1ccc(OCc2ccccc2)cc1. The van der Waals surface area contributed by atoms with E-state index in [0.717, 1.165) is 16.9 Å². The number of aromatic nitrogens is 2. The van der Waals surface area contributed by atoms with E-state index < -0.39 is 0 Å². The highest BCUT2D eigenvalue weighted by molar-refractivity contribution is 9.10. The third-order valence-electron chi connectivity index (χ3n) is 3.88. The van der Waals surface area contributed by atoms with E-state index in [0.29, 0.717) is 23.3 Å². The number of nitrogens with zero attached hydrogens (tertiary/aromatic N) is 2. The molecule has 0 unspecified atom stereocenters. The lowest BCUT2D eigenvalue weighted by Crippen LogP contribution is -2.07. The van der Waals surface area contributed by atoms with Gasteiger partial charge in [0.25, 0.3) is 0 Å². The molecular formula is C21H19BrN2O2. The van der Waals surface area contributed by atoms with Gasteiger partial charge in [0.15, 0.2) is 0 Å². The molecule has 0 aliphatic heterocycles. The fourth-order valence-electron chi connectivity index (χ4n) is 2.51. The van der Waals surface area contributed by atoms with Crippen molar-refractivity contribution < 1.29 is 9.53 Å². The smallest absolute Gasteiger partial charge is 0.205 e. The maximum Gasteiger partial charge on any atom is 0.205 e. The predicted molar refractivity (Wildman–Crippen MR) is 106 cm³/mol. The van der Waals surface area contributed by atoms with Gasteiger partial charge in [-0.2, -0.15) is 5.10 Å². The number of carbonyl (C=O) groups excluding carboxylic acids is 1. The van der Waals surface area contributed by atoms with Crippen LogP contribution < -0.4 is 4.74 Å². The Morgan fingerprint density at radius 2 is 1.88 bits per heavy atom. The zero-order valence-electron chi connectivity index (χ0n) is 14.4. The summed E-state index contributed by atoms with van der Waals surface area (Å²) in [5.74, 6) is 0.713. The average Bonchev–Trinajstić information content (AvgIpc) is 3.07. The fraction of sp³-hybridized carbons (Fsp3) is 0.143. The molecule has 3 aromatic rings. The van der Waals surface area contributed by atoms with E-state index in [1.807, 2.05) is 61.5 Å². The highest BCUT2D eigenvalue weighted by atomic mass is 79.9. The summed E-state index contributed by atoms with van der Waals surface area (Å²) in [5, 5.41) is 4.17. The van der Waals surface area contributed by atoms with Gasteiger partial charge in [-0.25, -0.2) is 0 Å². The zero-order chi connectivity index (χ0) is 18.4. The molecule has 0 fully saturated rings. The Balaban J connectivity index is 1.62. The molecule has 132 valence electrons. The summed E-state index contributed by atoms with van der Waals surface area (Å²) < 4.78 is 8.15. The van der Waals surface area contributed by atoms with Crippen LogP contribution in [-0.4, -0.2) is 15.6 Å². The van der Waals surface area contributed by atoms with E-state index in [-0.39, 0.29) is 5.78 Å². The maximum absolute atomic E-state index is 12.4. The molecule has 0 N–H and O–H groups in total. The monoisotopic (exact) mass is 410 g/mol. The first-order valence-corrected chi connectivity index (χ1v) is 9.17. The van der Waals surface area contributed by atoms with Gasteiger partial charge in [-0.1, -0.05) is 48.5 Å². The molecular weight excluding hydrogens is 392 g/mol. The second-order valence-corrected chi connectivity index (χ2v) is 6.55. The number of allylic oxidation sites excluding steroid dienone is 1. The van der Waals surface area contributed by atoms with E-state index in [4.69, 9.17) is 4.74 Å². The standard InChI is InChI=1S/C21H19BrN2O2/c1-2-24-21(19(22)14-23-24)20(25)13-10-16-8-11-18(12-9-16)26-15-17-6-4-3-5-7-17/h3-14H,2,15H2,1H3/b13-10+. The number of hydrogen-bond donors (Lipinski definition) is 0. The van der Waals surface area contributed by atoms with Crippen molar-refractivity contribution in [1.82, 2.24) is 9.78 Å². The molecule has 3 rings (SSSR count). The quantitative estimate of drug-likeness (QED) is 0.400. The summed E-state index contributed by atoms with van der Waals surface area (Å²) in [5.41, 5.74) is 2.62. The van der Waals surface area contributed by atoms with Crippen LogP contribution >= 0.6 is 15.9 Å². The van der Waals surface area contributed by atoms with Crippen LogP contribution in [0.3, 0.4) is 0 Å². The molecule has 0 aliphatic carbocycles. The minimum Gasteiger partial charge on any atom is -0.489 e. The molecule has 0 saturated heterocycles. The predicted octanol–water partition coefficient (Wildman–Crippen LogP) is 5.14. The maximum atomic E-state index is 12.4. The summed E-state index contributed by atoms with van der Waals surface area (Å²) >= 11 is 3.38.